The lowest BCUT2D eigenvalue weighted by Gasteiger charge is -2.18. The van der Waals surface area contributed by atoms with Crippen molar-refractivity contribution in [2.24, 2.45) is 11.8 Å². The van der Waals surface area contributed by atoms with Gasteiger partial charge in [-0.05, 0) is 24.1 Å². The third kappa shape index (κ3) is 2.13. The highest BCUT2D eigenvalue weighted by Gasteiger charge is 2.60. The fraction of sp³-hybridized carbons (Fsp3) is 0.444. The van der Waals surface area contributed by atoms with E-state index < -0.39 is 0 Å². The van der Waals surface area contributed by atoms with Crippen LogP contribution in [0.25, 0.3) is 0 Å². The van der Waals surface area contributed by atoms with Crippen LogP contribution in [0, 0.1) is 11.8 Å². The summed E-state index contributed by atoms with van der Waals surface area (Å²) in [6, 6.07) is 5.62. The third-order valence-corrected chi connectivity index (χ3v) is 5.07. The van der Waals surface area contributed by atoms with Crippen LogP contribution in [0.5, 0.6) is 11.5 Å². The number of ether oxygens (including phenoxy) is 3. The summed E-state index contributed by atoms with van der Waals surface area (Å²) in [5, 5.41) is 0. The van der Waals surface area contributed by atoms with Gasteiger partial charge in [-0.3, -0.25) is 14.5 Å². The van der Waals surface area contributed by atoms with Gasteiger partial charge >= 0.3 is 0 Å². The number of carbonyl (C=O) groups excluding carboxylic acids is 2. The lowest BCUT2D eigenvalue weighted by atomic mass is 9.85. The first-order valence-electron chi connectivity index (χ1n) is 8.04. The van der Waals surface area contributed by atoms with E-state index in [0.717, 1.165) is 5.56 Å². The molecule has 6 heteroatoms. The zero-order chi connectivity index (χ0) is 16.8. The van der Waals surface area contributed by atoms with Gasteiger partial charge in [0.1, 0.15) is 0 Å². The van der Waals surface area contributed by atoms with Gasteiger partial charge in [0, 0.05) is 6.54 Å². The Labute approximate surface area is 140 Å². The van der Waals surface area contributed by atoms with E-state index in [1.54, 1.807) is 14.2 Å². The van der Waals surface area contributed by atoms with Gasteiger partial charge < -0.3 is 14.2 Å². The molecule has 0 radical (unpaired) electrons. The number of hydrogen-bond donors (Lipinski definition) is 0. The lowest BCUT2D eigenvalue weighted by Crippen LogP contribution is -2.36. The Balaban J connectivity index is 1.47. The topological polar surface area (TPSA) is 65.1 Å². The number of methoxy groups -OCH3 is 2. The van der Waals surface area contributed by atoms with E-state index in [4.69, 9.17) is 14.2 Å². The lowest BCUT2D eigenvalue weighted by molar-refractivity contribution is -0.142. The predicted molar refractivity (Wildman–Crippen MR) is 84.8 cm³/mol. The Bertz CT molecular complexity index is 698. The summed E-state index contributed by atoms with van der Waals surface area (Å²) >= 11 is 0. The second kappa shape index (κ2) is 5.63. The van der Waals surface area contributed by atoms with E-state index in [-0.39, 0.29) is 35.9 Å². The highest BCUT2D eigenvalue weighted by molar-refractivity contribution is 6.06. The highest BCUT2D eigenvalue weighted by atomic mass is 16.5. The molecule has 0 aliphatic carbocycles. The van der Waals surface area contributed by atoms with Crippen molar-refractivity contribution < 1.29 is 23.8 Å². The number of carbonyl (C=O) groups is 2. The van der Waals surface area contributed by atoms with E-state index in [0.29, 0.717) is 24.5 Å². The van der Waals surface area contributed by atoms with Gasteiger partial charge in [-0.2, -0.15) is 0 Å². The van der Waals surface area contributed by atoms with Crippen LogP contribution in [0.2, 0.25) is 0 Å². The first-order chi connectivity index (χ1) is 11.6. The number of hydrogen-bond acceptors (Lipinski definition) is 5. The SMILES string of the molecule is COc1ccc(CCN2C(=O)[C@@H]3[C@H](C2=O)[C@@H]2C=C[C@@H]3O2)cc1OC. The molecule has 4 atom stereocenters. The summed E-state index contributed by atoms with van der Waals surface area (Å²) in [7, 11) is 3.17. The smallest absolute Gasteiger partial charge is 0.236 e. The summed E-state index contributed by atoms with van der Waals surface area (Å²) in [5.41, 5.74) is 0.989. The summed E-state index contributed by atoms with van der Waals surface area (Å²) in [4.78, 5) is 26.5. The molecule has 2 amide bonds. The number of nitrogens with zero attached hydrogens (tertiary/aromatic N) is 1. The summed E-state index contributed by atoms with van der Waals surface area (Å²) in [6.45, 7) is 0.375. The molecule has 0 spiro atoms. The Hall–Kier alpha value is -2.34. The molecule has 3 heterocycles. The average Bonchev–Trinajstić information content (AvgIpc) is 3.27. The minimum absolute atomic E-state index is 0.109. The first kappa shape index (κ1) is 15.2. The molecule has 2 saturated heterocycles. The Kier molecular flexibility index (Phi) is 3.57. The number of fused-ring (bicyclic) bond motifs is 5. The van der Waals surface area contributed by atoms with Crippen LogP contribution in [-0.2, 0) is 20.7 Å². The van der Waals surface area contributed by atoms with E-state index in [9.17, 15) is 9.59 Å². The average molecular weight is 329 g/mol. The standard InChI is InChI=1S/C18H19NO5/c1-22-11-4-3-10(9-14(11)23-2)7-8-19-17(20)15-12-5-6-13(24-12)16(15)18(19)21/h3-6,9,12-13,15-16H,7-8H2,1-2H3/t12-,13-,15-,16+/m0/s1. The third-order valence-electron chi connectivity index (χ3n) is 5.07. The number of rotatable bonds is 5. The molecule has 6 nitrogen and oxygen atoms in total. The van der Waals surface area contributed by atoms with Gasteiger partial charge in [0.15, 0.2) is 11.5 Å². The maximum absolute atomic E-state index is 12.6. The van der Waals surface area contributed by atoms with Gasteiger partial charge in [-0.1, -0.05) is 18.2 Å². The largest absolute Gasteiger partial charge is 0.493 e. The van der Waals surface area contributed by atoms with Gasteiger partial charge in [0.05, 0.1) is 38.3 Å². The first-order valence-corrected chi connectivity index (χ1v) is 8.04. The second-order valence-corrected chi connectivity index (χ2v) is 6.27. The van der Waals surface area contributed by atoms with Crippen LogP contribution in [0.15, 0.2) is 30.4 Å². The Morgan fingerprint density at radius 3 is 2.21 bits per heavy atom. The molecule has 126 valence electrons. The molecule has 0 saturated carbocycles. The molecule has 0 aromatic heterocycles. The maximum Gasteiger partial charge on any atom is 0.236 e. The molecule has 3 aliphatic rings. The van der Waals surface area contributed by atoms with Crippen molar-refractivity contribution in [1.82, 2.24) is 4.90 Å². The molecular formula is C18H19NO5. The number of imide groups is 1. The van der Waals surface area contributed by atoms with Crippen molar-refractivity contribution >= 4 is 11.8 Å². The quantitative estimate of drug-likeness (QED) is 0.600. The van der Waals surface area contributed by atoms with E-state index >= 15 is 0 Å². The van der Waals surface area contributed by atoms with Crippen LogP contribution in [-0.4, -0.2) is 49.7 Å². The minimum atomic E-state index is -0.335. The Morgan fingerprint density at radius 2 is 1.62 bits per heavy atom. The molecule has 24 heavy (non-hydrogen) atoms. The molecular weight excluding hydrogens is 310 g/mol. The number of amides is 2. The van der Waals surface area contributed by atoms with Gasteiger partial charge in [-0.25, -0.2) is 0 Å². The van der Waals surface area contributed by atoms with Crippen molar-refractivity contribution in [3.63, 3.8) is 0 Å². The zero-order valence-corrected chi connectivity index (χ0v) is 13.6. The molecule has 0 unspecified atom stereocenters. The number of likely N-dealkylation sites (tertiary alicyclic amines) is 1. The highest BCUT2D eigenvalue weighted by Crippen LogP contribution is 2.45. The number of benzene rings is 1. The predicted octanol–water partition coefficient (Wildman–Crippen LogP) is 1.18. The molecule has 1 aromatic rings. The fourth-order valence-corrected chi connectivity index (χ4v) is 3.86. The summed E-state index contributed by atoms with van der Waals surface area (Å²) in [6.07, 6.45) is 3.91. The molecule has 2 fully saturated rings. The zero-order valence-electron chi connectivity index (χ0n) is 13.6. The van der Waals surface area contributed by atoms with Crippen molar-refractivity contribution in [3.8, 4) is 11.5 Å². The second-order valence-electron chi connectivity index (χ2n) is 6.27. The van der Waals surface area contributed by atoms with Crippen molar-refractivity contribution in [2.75, 3.05) is 20.8 Å². The normalized spacial score (nSPS) is 30.2. The van der Waals surface area contributed by atoms with Gasteiger partial charge in [-0.15, -0.1) is 0 Å². The molecule has 1 aromatic carbocycles. The molecule has 3 aliphatic heterocycles. The van der Waals surface area contributed by atoms with Crippen LogP contribution in [0.3, 0.4) is 0 Å². The van der Waals surface area contributed by atoms with Crippen LogP contribution in [0.1, 0.15) is 5.56 Å². The van der Waals surface area contributed by atoms with Gasteiger partial charge in [0.2, 0.25) is 11.8 Å². The van der Waals surface area contributed by atoms with Crippen LogP contribution >= 0.6 is 0 Å². The maximum atomic E-state index is 12.6. The molecule has 2 bridgehead atoms. The minimum Gasteiger partial charge on any atom is -0.493 e. The molecule has 0 N–H and O–H groups in total. The van der Waals surface area contributed by atoms with E-state index in [2.05, 4.69) is 0 Å². The van der Waals surface area contributed by atoms with Crippen LogP contribution in [0.4, 0.5) is 0 Å². The summed E-state index contributed by atoms with van der Waals surface area (Å²) < 4.78 is 16.1. The van der Waals surface area contributed by atoms with E-state index in [1.807, 2.05) is 30.4 Å². The molecule has 4 rings (SSSR count). The van der Waals surface area contributed by atoms with Crippen LogP contribution < -0.4 is 9.47 Å². The van der Waals surface area contributed by atoms with Crippen molar-refractivity contribution in [2.45, 2.75) is 18.6 Å². The Morgan fingerprint density at radius 1 is 1.00 bits per heavy atom. The van der Waals surface area contributed by atoms with E-state index in [1.165, 1.54) is 4.90 Å². The van der Waals surface area contributed by atoms with Crippen molar-refractivity contribution in [1.29, 1.82) is 0 Å². The monoisotopic (exact) mass is 329 g/mol. The summed E-state index contributed by atoms with van der Waals surface area (Å²) in [5.74, 6) is 0.408. The fourth-order valence-electron chi connectivity index (χ4n) is 3.86. The van der Waals surface area contributed by atoms with Gasteiger partial charge in [0.25, 0.3) is 0 Å². The van der Waals surface area contributed by atoms with Crippen molar-refractivity contribution in [3.05, 3.63) is 35.9 Å².